The topological polar surface area (TPSA) is 134 Å². The number of para-hydroxylation sites is 1. The van der Waals surface area contributed by atoms with E-state index in [2.05, 4.69) is 15.0 Å². The van der Waals surface area contributed by atoms with Gasteiger partial charge in [0.05, 0.1) is 23.3 Å². The highest BCUT2D eigenvalue weighted by Crippen LogP contribution is 2.34. The number of likely N-dealkylation sites (tertiary alicyclic amines) is 1. The van der Waals surface area contributed by atoms with E-state index in [0.29, 0.717) is 22.5 Å². The maximum Gasteiger partial charge on any atom is 0.269 e. The molecule has 1 fully saturated rings. The number of carbonyl (C=O) groups is 2. The summed E-state index contributed by atoms with van der Waals surface area (Å²) >= 11 is 0. The molecule has 2 amide bonds. The van der Waals surface area contributed by atoms with Gasteiger partial charge in [0.1, 0.15) is 10.9 Å². The van der Waals surface area contributed by atoms with E-state index < -0.39 is 34.0 Å². The monoisotopic (exact) mass is 595 g/mol. The van der Waals surface area contributed by atoms with E-state index in [1.165, 1.54) is 24.1 Å². The Kier molecular flexibility index (Phi) is 9.81. The smallest absolute Gasteiger partial charge is 0.269 e. The van der Waals surface area contributed by atoms with Gasteiger partial charge >= 0.3 is 0 Å². The normalized spacial score (nSPS) is 14.5. The van der Waals surface area contributed by atoms with Crippen LogP contribution in [0.1, 0.15) is 31.9 Å². The lowest BCUT2D eigenvalue weighted by molar-refractivity contribution is -0.133. The van der Waals surface area contributed by atoms with E-state index in [4.69, 9.17) is 5.73 Å². The van der Waals surface area contributed by atoms with Gasteiger partial charge in [-0.3, -0.25) is 14.6 Å². The minimum atomic E-state index is -4.38. The van der Waals surface area contributed by atoms with E-state index >= 15 is 0 Å². The molecule has 1 atom stereocenters. The summed E-state index contributed by atoms with van der Waals surface area (Å²) in [6.07, 6.45) is 2.92. The molecule has 3 aromatic rings. The average molecular weight is 596 g/mol. The number of benzene rings is 2. The van der Waals surface area contributed by atoms with Crippen LogP contribution in [0, 0.1) is 0 Å². The molecule has 0 bridgehead atoms. The Morgan fingerprint density at radius 3 is 2.38 bits per heavy atom. The molecule has 0 unspecified atom stereocenters. The van der Waals surface area contributed by atoms with Crippen molar-refractivity contribution in [3.8, 4) is 11.1 Å². The molecule has 0 saturated carbocycles. The zero-order valence-electron chi connectivity index (χ0n) is 22.9. The number of carbonyl (C=O) groups excluding carboxylic acids is 2. The number of aromatic nitrogens is 1. The second kappa shape index (κ2) is 13.5. The molecule has 220 valence electrons. The minimum absolute atomic E-state index is 0.00450. The third-order valence-electron chi connectivity index (χ3n) is 6.71. The lowest BCUT2D eigenvalue weighted by Crippen LogP contribution is -2.50. The molecular weight excluding hydrogens is 564 g/mol. The molecule has 2 aromatic carbocycles. The molecule has 2 heterocycles. The van der Waals surface area contributed by atoms with Gasteiger partial charge in [0.2, 0.25) is 21.8 Å². The molecule has 1 aromatic heterocycles. The molecule has 4 N–H and O–H groups in total. The standard InChI is InChI=1S/C30H31F2N5O4S/c1-20(38)35-28-25(21-7-3-2-4-8-21)10-6-12-27(28)42(40,41)36-26(11-5-9-24-14-13-23(33)19-34-24)30(39)37-17-15-22(16-18-37)29(31)32/h2-10,12-14,19,26,36H,11,15-18,33H2,1H3,(H,35,38)/b9-5-/t26-/m0/s1. The van der Waals surface area contributed by atoms with Crippen LogP contribution in [-0.2, 0) is 19.6 Å². The number of nitrogens with two attached hydrogens (primary N) is 1. The zero-order valence-corrected chi connectivity index (χ0v) is 23.7. The zero-order chi connectivity index (χ0) is 30.3. The Balaban J connectivity index is 1.67. The lowest BCUT2D eigenvalue weighted by Gasteiger charge is -2.31. The third-order valence-corrected chi connectivity index (χ3v) is 8.23. The quantitative estimate of drug-likeness (QED) is 0.325. The second-order valence-electron chi connectivity index (χ2n) is 9.74. The van der Waals surface area contributed by atoms with Gasteiger partial charge in [-0.2, -0.15) is 13.5 Å². The number of hydrogen-bond donors (Lipinski definition) is 3. The number of nitrogen functional groups attached to an aromatic ring is 1. The molecule has 0 aliphatic carbocycles. The number of nitrogens with zero attached hydrogens (tertiary/aromatic N) is 2. The molecule has 0 radical (unpaired) electrons. The van der Waals surface area contributed by atoms with Crippen LogP contribution < -0.4 is 15.8 Å². The first-order chi connectivity index (χ1) is 20.0. The summed E-state index contributed by atoms with van der Waals surface area (Å²) in [4.78, 5) is 31.0. The van der Waals surface area contributed by atoms with E-state index in [-0.39, 0.29) is 48.5 Å². The largest absolute Gasteiger partial charge is 0.397 e. The van der Waals surface area contributed by atoms with Crippen molar-refractivity contribution in [1.82, 2.24) is 14.6 Å². The van der Waals surface area contributed by atoms with Gasteiger partial charge in [-0.25, -0.2) is 8.42 Å². The first-order valence-electron chi connectivity index (χ1n) is 13.2. The predicted octanol–water partition coefficient (Wildman–Crippen LogP) is 4.81. The van der Waals surface area contributed by atoms with Gasteiger partial charge in [0.15, 0.2) is 0 Å². The van der Waals surface area contributed by atoms with Crippen LogP contribution in [0.15, 0.2) is 89.5 Å². The molecule has 12 heteroatoms. The summed E-state index contributed by atoms with van der Waals surface area (Å²) in [5, 5.41) is 2.64. The van der Waals surface area contributed by atoms with Crippen LogP contribution in [0.25, 0.3) is 17.2 Å². The van der Waals surface area contributed by atoms with Gasteiger partial charge in [-0.1, -0.05) is 48.5 Å². The summed E-state index contributed by atoms with van der Waals surface area (Å²) in [5.74, 6) is -1.02. The highest BCUT2D eigenvalue weighted by atomic mass is 32.2. The number of pyridine rings is 1. The molecule has 9 nitrogen and oxygen atoms in total. The molecule has 0 spiro atoms. The highest BCUT2D eigenvalue weighted by molar-refractivity contribution is 7.89. The van der Waals surface area contributed by atoms with Crippen molar-refractivity contribution in [3.05, 3.63) is 90.3 Å². The first-order valence-corrected chi connectivity index (χ1v) is 14.7. The fourth-order valence-electron chi connectivity index (χ4n) is 4.62. The lowest BCUT2D eigenvalue weighted by atomic mass is 10.0. The van der Waals surface area contributed by atoms with Crippen LogP contribution in [0.5, 0.6) is 0 Å². The highest BCUT2D eigenvalue weighted by Gasteiger charge is 2.32. The van der Waals surface area contributed by atoms with Crippen molar-refractivity contribution in [2.75, 3.05) is 24.1 Å². The van der Waals surface area contributed by atoms with Gasteiger partial charge in [0.25, 0.3) is 6.08 Å². The molecule has 1 saturated heterocycles. The Morgan fingerprint density at radius 1 is 1.05 bits per heavy atom. The fraction of sp³-hybridized carbons (Fsp3) is 0.233. The van der Waals surface area contributed by atoms with Crippen molar-refractivity contribution >= 4 is 39.3 Å². The van der Waals surface area contributed by atoms with Crippen LogP contribution >= 0.6 is 0 Å². The van der Waals surface area contributed by atoms with Gasteiger partial charge in [0, 0.05) is 25.6 Å². The predicted molar refractivity (Wildman–Crippen MR) is 158 cm³/mol. The Labute approximate surface area is 243 Å². The Hall–Kier alpha value is -4.42. The summed E-state index contributed by atoms with van der Waals surface area (Å²) in [6, 6.07) is 15.6. The number of amides is 2. The molecule has 42 heavy (non-hydrogen) atoms. The van der Waals surface area contributed by atoms with E-state index in [9.17, 15) is 26.8 Å². The summed E-state index contributed by atoms with van der Waals surface area (Å²) in [5.41, 5.74) is 7.93. The molecule has 1 aliphatic heterocycles. The van der Waals surface area contributed by atoms with Gasteiger partial charge in [-0.05, 0) is 54.7 Å². The SMILES string of the molecule is CC(=O)Nc1c(-c2ccccc2)cccc1S(=O)(=O)N[C@@H](C/C=C\c1ccc(N)cn1)C(=O)N1CCC(=C(F)F)CC1. The van der Waals surface area contributed by atoms with Crippen LogP contribution in [0.2, 0.25) is 0 Å². The van der Waals surface area contributed by atoms with E-state index in [1.807, 2.05) is 6.07 Å². The van der Waals surface area contributed by atoms with Crippen LogP contribution in [-0.4, -0.2) is 49.2 Å². The minimum Gasteiger partial charge on any atom is -0.397 e. The number of halogens is 2. The molecular formula is C30H31F2N5O4S. The average Bonchev–Trinajstić information content (AvgIpc) is 2.97. The number of nitrogens with one attached hydrogen (secondary N) is 2. The number of piperidine rings is 1. The summed E-state index contributed by atoms with van der Waals surface area (Å²) < 4.78 is 56.4. The van der Waals surface area contributed by atoms with Gasteiger partial charge < -0.3 is 16.0 Å². The van der Waals surface area contributed by atoms with Gasteiger partial charge in [-0.15, -0.1) is 0 Å². The van der Waals surface area contributed by atoms with Crippen molar-refractivity contribution < 1.29 is 26.8 Å². The van der Waals surface area contributed by atoms with Crippen molar-refractivity contribution in [3.63, 3.8) is 0 Å². The van der Waals surface area contributed by atoms with Crippen molar-refractivity contribution in [2.45, 2.75) is 37.1 Å². The Morgan fingerprint density at radius 2 is 1.76 bits per heavy atom. The number of sulfonamides is 1. The fourth-order valence-corrected chi connectivity index (χ4v) is 6.00. The third kappa shape index (κ3) is 7.65. The maximum absolute atomic E-state index is 13.8. The number of anilines is 2. The summed E-state index contributed by atoms with van der Waals surface area (Å²) in [6.45, 7) is 1.34. The van der Waals surface area contributed by atoms with Crippen molar-refractivity contribution in [1.29, 1.82) is 0 Å². The van der Waals surface area contributed by atoms with Crippen LogP contribution in [0.3, 0.4) is 0 Å². The maximum atomic E-state index is 13.8. The van der Waals surface area contributed by atoms with Crippen LogP contribution in [0.4, 0.5) is 20.2 Å². The Bertz CT molecular complexity index is 1600. The van der Waals surface area contributed by atoms with Crippen molar-refractivity contribution in [2.24, 2.45) is 0 Å². The number of rotatable bonds is 9. The first kappa shape index (κ1) is 30.5. The second-order valence-corrected chi connectivity index (χ2v) is 11.4. The van der Waals surface area contributed by atoms with E-state index in [0.717, 1.165) is 0 Å². The number of hydrogen-bond acceptors (Lipinski definition) is 6. The molecule has 4 rings (SSSR count). The molecule has 1 aliphatic rings. The van der Waals surface area contributed by atoms with E-state index in [1.54, 1.807) is 60.7 Å². The summed E-state index contributed by atoms with van der Waals surface area (Å²) in [7, 11) is -4.38.